The standard InChI is InChI=1S/2H2N.H2O3S2.2Pb/c;;1-5(2,3)4;;/h2*1H2;(H2,1,2,3,4);;/q2*-1;;2*+2/p-2. The average molecular weight is 559 g/mol. The van der Waals surface area contributed by atoms with Crippen molar-refractivity contribution in [3.63, 3.8) is 0 Å². The van der Waals surface area contributed by atoms with Gasteiger partial charge in [-0.1, -0.05) is 0 Å². The van der Waals surface area contributed by atoms with Gasteiger partial charge in [-0.15, -0.1) is 9.05 Å². The van der Waals surface area contributed by atoms with Crippen molar-refractivity contribution >= 4 is 74.8 Å². The molecule has 0 heterocycles. The largest absolute Gasteiger partial charge is 2.00 e. The van der Waals surface area contributed by atoms with Gasteiger partial charge in [0.1, 0.15) is 0 Å². The Labute approximate surface area is 99.2 Å². The molecule has 0 aliphatic rings. The van der Waals surface area contributed by atoms with Gasteiger partial charge in [-0.2, -0.15) is 0 Å². The monoisotopic (exact) mass is 560 g/mol. The molecule has 4 N–H and O–H groups in total. The molecule has 0 saturated heterocycles. The van der Waals surface area contributed by atoms with Gasteiger partial charge in [0.2, 0.25) is 0 Å². The quantitative estimate of drug-likeness (QED) is 0.377. The summed E-state index contributed by atoms with van der Waals surface area (Å²) in [5, 5.41) is 0. The Morgan fingerprint density at radius 1 is 1.11 bits per heavy atom. The minimum absolute atomic E-state index is 0. The molecule has 0 aromatic carbocycles. The summed E-state index contributed by atoms with van der Waals surface area (Å²) in [6.45, 7) is 0. The first-order valence-electron chi connectivity index (χ1n) is 0.667. The molecule has 0 aromatic heterocycles. The summed E-state index contributed by atoms with van der Waals surface area (Å²) in [5.41, 5.74) is 0. The van der Waals surface area contributed by atoms with Gasteiger partial charge in [0.05, 0.1) is 0 Å². The summed E-state index contributed by atoms with van der Waals surface area (Å²) in [5.74, 6) is 0. The first kappa shape index (κ1) is 30.5. The third-order valence-electron chi connectivity index (χ3n) is 0. The van der Waals surface area contributed by atoms with Gasteiger partial charge in [0.15, 0.2) is 0 Å². The second-order valence-corrected chi connectivity index (χ2v) is 2.45. The summed E-state index contributed by atoms with van der Waals surface area (Å²) in [6, 6.07) is 0. The van der Waals surface area contributed by atoms with Crippen molar-refractivity contribution in [2.45, 2.75) is 0 Å². The molecule has 0 amide bonds. The molecule has 9 heavy (non-hydrogen) atoms. The molecule has 0 unspecified atom stereocenters. The van der Waals surface area contributed by atoms with Crippen LogP contribution < -0.4 is 0 Å². The van der Waals surface area contributed by atoms with E-state index in [0.29, 0.717) is 0 Å². The molecule has 0 atom stereocenters. The molecule has 0 fully saturated rings. The van der Waals surface area contributed by atoms with Crippen LogP contribution in [0.4, 0.5) is 0 Å². The predicted octanol–water partition coefficient (Wildman–Crippen LogP) is -0.334. The van der Waals surface area contributed by atoms with E-state index in [-0.39, 0.29) is 66.9 Å². The SMILES string of the molecule is O=S([O-])([O-])=S.[NH2-].[NH2-].[Pb+2].[Pb+2]. The molecule has 0 rings (SSSR count). The molecule has 0 aliphatic carbocycles. The molecule has 52 valence electrons. The van der Waals surface area contributed by atoms with Crippen LogP contribution in [0.5, 0.6) is 0 Å². The van der Waals surface area contributed by atoms with E-state index in [1.165, 1.54) is 0 Å². The van der Waals surface area contributed by atoms with Crippen LogP contribution in [0.15, 0.2) is 0 Å². The smallest absolute Gasteiger partial charge is 0.780 e. The van der Waals surface area contributed by atoms with Crippen molar-refractivity contribution in [2.24, 2.45) is 0 Å². The minimum Gasteiger partial charge on any atom is -0.780 e. The van der Waals surface area contributed by atoms with Crippen molar-refractivity contribution in [2.75, 3.05) is 0 Å². The van der Waals surface area contributed by atoms with E-state index >= 15 is 0 Å². The van der Waals surface area contributed by atoms with Gasteiger partial charge >= 0.3 is 54.6 Å². The second-order valence-electron chi connectivity index (χ2n) is 0.408. The van der Waals surface area contributed by atoms with Crippen molar-refractivity contribution in [3.8, 4) is 0 Å². The van der Waals surface area contributed by atoms with Crippen LogP contribution >= 0.6 is 0 Å². The Balaban J connectivity index is -0.0000000133. The second kappa shape index (κ2) is 12.7. The van der Waals surface area contributed by atoms with Gasteiger partial charge in [-0.05, 0) is 11.2 Å². The third-order valence-corrected chi connectivity index (χ3v) is 0. The van der Waals surface area contributed by atoms with Crippen molar-refractivity contribution in [1.82, 2.24) is 0 Å². The van der Waals surface area contributed by atoms with E-state index < -0.39 is 9.05 Å². The first-order valence-corrected chi connectivity index (χ1v) is 3.00. The van der Waals surface area contributed by atoms with E-state index in [1.54, 1.807) is 0 Å². The Bertz CT molecular complexity index is 101. The van der Waals surface area contributed by atoms with Crippen LogP contribution in [-0.2, 0) is 20.2 Å². The zero-order valence-corrected chi connectivity index (χ0v) is 13.6. The summed E-state index contributed by atoms with van der Waals surface area (Å²) >= 11 is 3.24. The number of nitrogens with two attached hydrogens (primary N) is 2. The van der Waals surface area contributed by atoms with Crippen LogP contribution in [0, 0.1) is 0 Å². The summed E-state index contributed by atoms with van der Waals surface area (Å²) in [6.07, 6.45) is 0. The molecule has 4 radical (unpaired) electrons. The van der Waals surface area contributed by atoms with E-state index in [9.17, 15) is 0 Å². The molecule has 0 aromatic rings. The summed E-state index contributed by atoms with van der Waals surface area (Å²) < 4.78 is 26.7. The third kappa shape index (κ3) is 155. The Hall–Kier alpha value is 2.05. The van der Waals surface area contributed by atoms with Crippen LogP contribution in [0.1, 0.15) is 0 Å². The summed E-state index contributed by atoms with van der Waals surface area (Å²) in [4.78, 5) is 0. The molecule has 9 heteroatoms. The Morgan fingerprint density at radius 3 is 1.11 bits per heavy atom. The molecule has 0 saturated carbocycles. The zero-order chi connectivity index (χ0) is 4.50. The van der Waals surface area contributed by atoms with Gasteiger partial charge in [0.25, 0.3) is 0 Å². The molecular formula is H4N2O3Pb2S2. The van der Waals surface area contributed by atoms with Crippen LogP contribution in [-0.4, -0.2) is 67.9 Å². The number of rotatable bonds is 0. The van der Waals surface area contributed by atoms with Gasteiger partial charge in [-0.3, -0.25) is 4.21 Å². The van der Waals surface area contributed by atoms with Gasteiger partial charge in [-0.25, -0.2) is 0 Å². The number of hydrogen-bond donors (Lipinski definition) is 0. The molecule has 0 bridgehead atoms. The topological polar surface area (TPSA) is 130 Å². The predicted molar refractivity (Wildman–Crippen MR) is 39.1 cm³/mol. The van der Waals surface area contributed by atoms with E-state index in [2.05, 4.69) is 11.2 Å². The Morgan fingerprint density at radius 2 is 1.11 bits per heavy atom. The van der Waals surface area contributed by atoms with Crippen LogP contribution in [0.3, 0.4) is 0 Å². The van der Waals surface area contributed by atoms with Crippen molar-refractivity contribution in [3.05, 3.63) is 12.3 Å². The first-order chi connectivity index (χ1) is 2.00. The van der Waals surface area contributed by atoms with Crippen LogP contribution in [0.2, 0.25) is 0 Å². The summed E-state index contributed by atoms with van der Waals surface area (Å²) in [7, 11) is -4.33. The van der Waals surface area contributed by atoms with Crippen LogP contribution in [0.25, 0.3) is 12.3 Å². The fraction of sp³-hybridized carbons (Fsp3) is 0. The fourth-order valence-electron chi connectivity index (χ4n) is 0. The minimum atomic E-state index is -4.33. The van der Waals surface area contributed by atoms with Crippen molar-refractivity contribution in [1.29, 1.82) is 0 Å². The fourth-order valence-corrected chi connectivity index (χ4v) is 0. The van der Waals surface area contributed by atoms with Crippen molar-refractivity contribution < 1.29 is 13.3 Å². The maximum absolute atomic E-state index is 8.89. The van der Waals surface area contributed by atoms with E-state index in [0.717, 1.165) is 0 Å². The Kier molecular flexibility index (Phi) is 43.0. The van der Waals surface area contributed by atoms with E-state index in [4.69, 9.17) is 13.3 Å². The van der Waals surface area contributed by atoms with E-state index in [1.807, 2.05) is 0 Å². The molecular weight excluding hydrogens is 555 g/mol. The van der Waals surface area contributed by atoms with Gasteiger partial charge < -0.3 is 21.4 Å². The maximum atomic E-state index is 8.89. The normalized spacial score (nSPS) is 6.44. The molecule has 0 spiro atoms. The average Bonchev–Trinajstić information content (AvgIpc) is 0.722. The maximum Gasteiger partial charge on any atom is 2.00 e. The molecule has 5 nitrogen and oxygen atoms in total. The molecule has 0 aliphatic heterocycles. The van der Waals surface area contributed by atoms with Gasteiger partial charge in [0, 0.05) is 0 Å². The zero-order valence-electron chi connectivity index (χ0n) is 4.20. The number of hydrogen-bond acceptors (Lipinski definition) is 4.